The Morgan fingerprint density at radius 2 is 2.22 bits per heavy atom. The number of nitrogens with zero attached hydrogens (tertiary/aromatic N) is 3. The highest BCUT2D eigenvalue weighted by Gasteiger charge is 2.25. The van der Waals surface area contributed by atoms with E-state index in [-0.39, 0.29) is 18.0 Å². The van der Waals surface area contributed by atoms with Gasteiger partial charge in [-0.1, -0.05) is 6.92 Å². The number of thiophene rings is 1. The maximum Gasteiger partial charge on any atom is 0.263 e. The zero-order valence-corrected chi connectivity index (χ0v) is 17.3. The number of carbonyl (C=O) groups excluding carboxylic acids is 1. The van der Waals surface area contributed by atoms with Crippen molar-refractivity contribution in [1.29, 1.82) is 0 Å². The number of aryl methyl sites for hydroxylation is 1. The number of methoxy groups -OCH3 is 1. The predicted octanol–water partition coefficient (Wildman–Crippen LogP) is 1.41. The first-order valence-electron chi connectivity index (χ1n) is 9.35. The molecular formula is C19H28N4O3S. The molecule has 0 saturated heterocycles. The van der Waals surface area contributed by atoms with Crippen molar-refractivity contribution >= 4 is 27.5 Å². The van der Waals surface area contributed by atoms with Crippen molar-refractivity contribution in [1.82, 2.24) is 19.8 Å². The minimum Gasteiger partial charge on any atom is -0.383 e. The van der Waals surface area contributed by atoms with Gasteiger partial charge in [0.2, 0.25) is 5.91 Å². The predicted molar refractivity (Wildman–Crippen MR) is 107 cm³/mol. The van der Waals surface area contributed by atoms with E-state index in [0.29, 0.717) is 36.8 Å². The summed E-state index contributed by atoms with van der Waals surface area (Å²) in [4.78, 5) is 34.5. The van der Waals surface area contributed by atoms with E-state index in [1.165, 1.54) is 9.44 Å². The molecule has 27 heavy (non-hydrogen) atoms. The molecule has 1 aliphatic rings. The Balaban J connectivity index is 2.02. The molecule has 0 radical (unpaired) electrons. The van der Waals surface area contributed by atoms with Crippen molar-refractivity contribution in [2.24, 2.45) is 5.92 Å². The Bertz CT molecular complexity index is 887. The van der Waals surface area contributed by atoms with Crippen LogP contribution in [0.2, 0.25) is 0 Å². The van der Waals surface area contributed by atoms with Gasteiger partial charge in [0.1, 0.15) is 17.2 Å². The van der Waals surface area contributed by atoms with Gasteiger partial charge in [-0.15, -0.1) is 11.3 Å². The Hall–Kier alpha value is -1.77. The summed E-state index contributed by atoms with van der Waals surface area (Å²) in [5.74, 6) is 1.07. The molecule has 0 aliphatic heterocycles. The Morgan fingerprint density at radius 1 is 1.44 bits per heavy atom. The second-order valence-corrected chi connectivity index (χ2v) is 8.62. The van der Waals surface area contributed by atoms with Crippen molar-refractivity contribution in [3.8, 4) is 0 Å². The third kappa shape index (κ3) is 4.39. The molecule has 1 atom stereocenters. The summed E-state index contributed by atoms with van der Waals surface area (Å²) >= 11 is 1.64. The number of ether oxygens (including phenoxy) is 1. The Labute approximate surface area is 163 Å². The van der Waals surface area contributed by atoms with Crippen molar-refractivity contribution in [3.05, 3.63) is 26.6 Å². The fourth-order valence-electron chi connectivity index (χ4n) is 3.52. The summed E-state index contributed by atoms with van der Waals surface area (Å²) < 4.78 is 6.50. The topological polar surface area (TPSA) is 76.5 Å². The van der Waals surface area contributed by atoms with Crippen LogP contribution in [0.25, 0.3) is 10.2 Å². The third-order valence-corrected chi connectivity index (χ3v) is 6.03. The smallest absolute Gasteiger partial charge is 0.263 e. The van der Waals surface area contributed by atoms with Crippen LogP contribution >= 0.6 is 11.3 Å². The SMILES string of the molecule is COCCNC(=O)Cn1c(CN(C)C)nc2sc3c(c2c1=O)CCC(C)C3. The summed E-state index contributed by atoms with van der Waals surface area (Å²) in [5, 5.41) is 3.50. The van der Waals surface area contributed by atoms with Gasteiger partial charge in [-0.25, -0.2) is 4.98 Å². The molecule has 2 aromatic heterocycles. The van der Waals surface area contributed by atoms with Crippen LogP contribution in [0.4, 0.5) is 0 Å². The minimum atomic E-state index is -0.201. The number of amides is 1. The highest BCUT2D eigenvalue weighted by Crippen LogP contribution is 2.35. The maximum absolute atomic E-state index is 13.3. The molecule has 1 N–H and O–H groups in total. The lowest BCUT2D eigenvalue weighted by molar-refractivity contribution is -0.121. The molecule has 2 heterocycles. The molecule has 0 spiro atoms. The number of nitrogens with one attached hydrogen (secondary N) is 1. The van der Waals surface area contributed by atoms with E-state index in [1.807, 2.05) is 19.0 Å². The lowest BCUT2D eigenvalue weighted by Gasteiger charge is -2.18. The minimum absolute atomic E-state index is 0.0182. The van der Waals surface area contributed by atoms with Crippen LogP contribution in [0, 0.1) is 5.92 Å². The molecule has 0 fully saturated rings. The van der Waals surface area contributed by atoms with Crippen LogP contribution in [0.15, 0.2) is 4.79 Å². The Morgan fingerprint density at radius 3 is 2.93 bits per heavy atom. The lowest BCUT2D eigenvalue weighted by atomic mass is 9.89. The van der Waals surface area contributed by atoms with E-state index in [9.17, 15) is 9.59 Å². The van der Waals surface area contributed by atoms with Crippen LogP contribution in [0.1, 0.15) is 29.6 Å². The zero-order chi connectivity index (χ0) is 19.6. The van der Waals surface area contributed by atoms with E-state index < -0.39 is 0 Å². The molecule has 0 bridgehead atoms. The number of hydrogen-bond acceptors (Lipinski definition) is 6. The summed E-state index contributed by atoms with van der Waals surface area (Å²) in [6.45, 7) is 3.61. The fraction of sp³-hybridized carbons (Fsp3) is 0.632. The van der Waals surface area contributed by atoms with Gasteiger partial charge >= 0.3 is 0 Å². The number of fused-ring (bicyclic) bond motifs is 3. The molecule has 3 rings (SSSR count). The first-order valence-corrected chi connectivity index (χ1v) is 10.2. The van der Waals surface area contributed by atoms with E-state index in [0.717, 1.165) is 29.7 Å². The van der Waals surface area contributed by atoms with E-state index in [1.54, 1.807) is 18.4 Å². The average Bonchev–Trinajstić information content (AvgIpc) is 2.95. The summed E-state index contributed by atoms with van der Waals surface area (Å²) in [5.41, 5.74) is 1.06. The van der Waals surface area contributed by atoms with Crippen molar-refractivity contribution in [2.45, 2.75) is 39.3 Å². The molecular weight excluding hydrogens is 364 g/mol. The highest BCUT2D eigenvalue weighted by molar-refractivity contribution is 7.18. The quantitative estimate of drug-likeness (QED) is 0.721. The first-order chi connectivity index (χ1) is 12.9. The number of rotatable bonds is 7. The molecule has 2 aromatic rings. The molecule has 8 heteroatoms. The molecule has 1 unspecified atom stereocenters. The van der Waals surface area contributed by atoms with Crippen molar-refractivity contribution < 1.29 is 9.53 Å². The van der Waals surface area contributed by atoms with E-state index >= 15 is 0 Å². The fourth-order valence-corrected chi connectivity index (χ4v) is 4.92. The second kappa shape index (κ2) is 8.50. The number of aromatic nitrogens is 2. The van der Waals surface area contributed by atoms with Crippen LogP contribution in [-0.4, -0.2) is 54.7 Å². The van der Waals surface area contributed by atoms with Crippen molar-refractivity contribution in [2.75, 3.05) is 34.4 Å². The van der Waals surface area contributed by atoms with Gasteiger partial charge in [0, 0.05) is 18.5 Å². The monoisotopic (exact) mass is 392 g/mol. The van der Waals surface area contributed by atoms with Crippen LogP contribution in [0.3, 0.4) is 0 Å². The van der Waals surface area contributed by atoms with Gasteiger partial charge in [0.25, 0.3) is 5.56 Å². The van der Waals surface area contributed by atoms with E-state index in [2.05, 4.69) is 12.2 Å². The molecule has 148 valence electrons. The largest absolute Gasteiger partial charge is 0.383 e. The number of carbonyl (C=O) groups is 1. The third-order valence-electron chi connectivity index (χ3n) is 4.88. The molecule has 1 amide bonds. The van der Waals surface area contributed by atoms with Gasteiger partial charge in [-0.3, -0.25) is 14.2 Å². The van der Waals surface area contributed by atoms with Gasteiger partial charge < -0.3 is 15.0 Å². The number of hydrogen-bond donors (Lipinski definition) is 1. The van der Waals surface area contributed by atoms with Gasteiger partial charge in [-0.05, 0) is 44.8 Å². The summed E-state index contributed by atoms with van der Waals surface area (Å²) in [6.07, 6.45) is 3.02. The van der Waals surface area contributed by atoms with Crippen LogP contribution in [0.5, 0.6) is 0 Å². The lowest BCUT2D eigenvalue weighted by Crippen LogP contribution is -2.36. The van der Waals surface area contributed by atoms with Crippen LogP contribution in [-0.2, 0) is 35.5 Å². The summed E-state index contributed by atoms with van der Waals surface area (Å²) in [6, 6.07) is 0. The maximum atomic E-state index is 13.3. The Kier molecular flexibility index (Phi) is 6.29. The zero-order valence-electron chi connectivity index (χ0n) is 16.5. The average molecular weight is 393 g/mol. The normalized spacial score (nSPS) is 16.7. The molecule has 0 aromatic carbocycles. The van der Waals surface area contributed by atoms with Crippen LogP contribution < -0.4 is 10.9 Å². The van der Waals surface area contributed by atoms with Gasteiger partial charge in [0.05, 0.1) is 18.5 Å². The van der Waals surface area contributed by atoms with Crippen molar-refractivity contribution in [3.63, 3.8) is 0 Å². The van der Waals surface area contributed by atoms with Gasteiger partial charge in [-0.2, -0.15) is 0 Å². The highest BCUT2D eigenvalue weighted by atomic mass is 32.1. The molecule has 7 nitrogen and oxygen atoms in total. The first kappa shape index (κ1) is 20.0. The second-order valence-electron chi connectivity index (χ2n) is 7.53. The van der Waals surface area contributed by atoms with E-state index in [4.69, 9.17) is 9.72 Å². The summed E-state index contributed by atoms with van der Waals surface area (Å²) in [7, 11) is 5.45. The van der Waals surface area contributed by atoms with Gasteiger partial charge in [0.15, 0.2) is 0 Å². The standard InChI is InChI=1S/C19H28N4O3S/c1-12-5-6-13-14(9-12)27-18-17(13)19(25)23(15(21-18)10-22(2)3)11-16(24)20-7-8-26-4/h12H,5-11H2,1-4H3,(H,20,24). The molecule has 0 saturated carbocycles. The molecule has 1 aliphatic carbocycles.